The zero-order chi connectivity index (χ0) is 18.5. The van der Waals surface area contributed by atoms with Crippen LogP contribution in [0.4, 0.5) is 4.79 Å². The van der Waals surface area contributed by atoms with Crippen molar-refractivity contribution in [2.75, 3.05) is 0 Å². The Morgan fingerprint density at radius 3 is 2.00 bits per heavy atom. The summed E-state index contributed by atoms with van der Waals surface area (Å²) >= 11 is 0. The monoisotopic (exact) mass is 348 g/mol. The van der Waals surface area contributed by atoms with Gasteiger partial charge in [0.1, 0.15) is 0 Å². The average molecular weight is 348 g/mol. The molecule has 0 aliphatic carbocycles. The summed E-state index contributed by atoms with van der Waals surface area (Å²) in [6, 6.07) is 15.6. The van der Waals surface area contributed by atoms with Crippen molar-refractivity contribution in [3.63, 3.8) is 0 Å². The summed E-state index contributed by atoms with van der Waals surface area (Å²) in [5.74, 6) is -1.59. The maximum Gasteiger partial charge on any atom is 0.421 e. The van der Waals surface area contributed by atoms with E-state index in [1.165, 1.54) is 6.07 Å². The molecular formula is C18H12N4O4. The Labute approximate surface area is 147 Å². The maximum absolute atomic E-state index is 12.2. The molecule has 0 saturated carbocycles. The van der Waals surface area contributed by atoms with Crippen LogP contribution in [0.2, 0.25) is 0 Å². The van der Waals surface area contributed by atoms with Gasteiger partial charge in [-0.25, -0.2) is 4.79 Å². The number of carboxylic acid groups (broad SMARTS) is 1. The number of amides is 3. The molecule has 1 N–H and O–H groups in total. The highest BCUT2D eigenvalue weighted by Gasteiger charge is 2.41. The molecule has 3 amide bonds. The van der Waals surface area contributed by atoms with Crippen LogP contribution in [0, 0.1) is 0 Å². The lowest BCUT2D eigenvalue weighted by atomic mass is 9.97. The highest BCUT2D eigenvalue weighted by molar-refractivity contribution is 6.29. The zero-order valence-electron chi connectivity index (χ0n) is 13.3. The molecule has 1 aliphatic rings. The molecule has 2 aromatic carbocycles. The average Bonchev–Trinajstić information content (AvgIpc) is 2.95. The minimum atomic E-state index is -1.56. The number of hydrogen-bond acceptors (Lipinski definition) is 6. The normalized spacial score (nSPS) is 12.2. The van der Waals surface area contributed by atoms with Crippen LogP contribution >= 0.6 is 0 Å². The number of rotatable bonds is 1. The van der Waals surface area contributed by atoms with Crippen LogP contribution in [-0.2, 0) is 0 Å². The molecule has 26 heavy (non-hydrogen) atoms. The van der Waals surface area contributed by atoms with Crippen LogP contribution in [0.25, 0.3) is 11.1 Å². The Balaban J connectivity index is 0.000000278. The fourth-order valence-electron chi connectivity index (χ4n) is 2.52. The predicted molar refractivity (Wildman–Crippen MR) is 90.2 cm³/mol. The first-order valence-electron chi connectivity index (χ1n) is 7.49. The molecule has 8 nitrogen and oxygen atoms in total. The van der Waals surface area contributed by atoms with Gasteiger partial charge < -0.3 is 5.11 Å². The largest absolute Gasteiger partial charge is 0.464 e. The third-order valence-corrected chi connectivity index (χ3v) is 3.60. The van der Waals surface area contributed by atoms with Crippen molar-refractivity contribution in [3.8, 4) is 11.1 Å². The van der Waals surface area contributed by atoms with Crippen LogP contribution in [0.3, 0.4) is 0 Å². The second-order valence-electron chi connectivity index (χ2n) is 5.13. The topological polar surface area (TPSA) is 113 Å². The molecule has 0 atom stereocenters. The third kappa shape index (κ3) is 3.16. The number of carbonyl (C=O) groups is 3. The van der Waals surface area contributed by atoms with E-state index in [9.17, 15) is 14.4 Å². The summed E-state index contributed by atoms with van der Waals surface area (Å²) in [6.07, 6.45) is 1.59. The van der Waals surface area contributed by atoms with Crippen LogP contribution < -0.4 is 0 Å². The molecule has 0 bridgehead atoms. The molecule has 0 fully saturated rings. The van der Waals surface area contributed by atoms with Gasteiger partial charge in [-0.3, -0.25) is 9.59 Å². The number of carbonyl (C=O) groups excluding carboxylic acids is 2. The molecule has 0 saturated heterocycles. The van der Waals surface area contributed by atoms with E-state index < -0.39 is 17.9 Å². The van der Waals surface area contributed by atoms with Gasteiger partial charge >= 0.3 is 6.09 Å². The van der Waals surface area contributed by atoms with Crippen molar-refractivity contribution >= 4 is 17.9 Å². The van der Waals surface area contributed by atoms with E-state index in [2.05, 4.69) is 15.4 Å². The van der Waals surface area contributed by atoms with Crippen molar-refractivity contribution in [3.05, 3.63) is 78.1 Å². The Morgan fingerprint density at radius 1 is 0.808 bits per heavy atom. The Kier molecular flexibility index (Phi) is 4.75. The summed E-state index contributed by atoms with van der Waals surface area (Å²) in [5, 5.41) is 19.1. The van der Waals surface area contributed by atoms with Crippen molar-refractivity contribution < 1.29 is 19.5 Å². The first kappa shape index (κ1) is 16.9. The fraction of sp³-hybridized carbons (Fsp3) is 0. The molecule has 2 heterocycles. The van der Waals surface area contributed by atoms with Crippen molar-refractivity contribution in [2.24, 2.45) is 0 Å². The molecule has 0 spiro atoms. The number of fused-ring (bicyclic) bond motifs is 1. The molecule has 4 rings (SSSR count). The number of imide groups is 3. The summed E-state index contributed by atoms with van der Waals surface area (Å²) in [6.45, 7) is 0. The SMILES string of the molecule is O=C(O)N1C(=O)c2cccc(-c3ccccc3)c2C1=O.c1cnnnc1. The van der Waals surface area contributed by atoms with Crippen molar-refractivity contribution in [1.82, 2.24) is 20.3 Å². The van der Waals surface area contributed by atoms with E-state index in [0.29, 0.717) is 5.56 Å². The summed E-state index contributed by atoms with van der Waals surface area (Å²) in [4.78, 5) is 35.4. The lowest BCUT2D eigenvalue weighted by Crippen LogP contribution is -2.34. The second-order valence-corrected chi connectivity index (χ2v) is 5.13. The van der Waals surface area contributed by atoms with Gasteiger partial charge in [-0.05, 0) is 28.5 Å². The van der Waals surface area contributed by atoms with Gasteiger partial charge in [0.25, 0.3) is 11.8 Å². The van der Waals surface area contributed by atoms with Crippen LogP contribution in [-0.4, -0.2) is 43.3 Å². The maximum atomic E-state index is 12.2. The quantitative estimate of drug-likeness (QED) is 0.672. The molecule has 1 aliphatic heterocycles. The van der Waals surface area contributed by atoms with E-state index in [1.807, 2.05) is 18.2 Å². The van der Waals surface area contributed by atoms with E-state index in [1.54, 1.807) is 42.7 Å². The smallest absolute Gasteiger partial charge is 0.421 e. The van der Waals surface area contributed by atoms with Gasteiger partial charge in [-0.2, -0.15) is 4.90 Å². The first-order chi connectivity index (χ1) is 12.6. The second kappa shape index (κ2) is 7.31. The van der Waals surface area contributed by atoms with Gasteiger partial charge in [-0.15, -0.1) is 10.2 Å². The number of aromatic nitrogens is 3. The van der Waals surface area contributed by atoms with Gasteiger partial charge in [0.15, 0.2) is 0 Å². The molecule has 0 radical (unpaired) electrons. The molecule has 0 unspecified atom stereocenters. The minimum absolute atomic E-state index is 0.124. The van der Waals surface area contributed by atoms with Crippen LogP contribution in [0.5, 0.6) is 0 Å². The highest BCUT2D eigenvalue weighted by atomic mass is 16.4. The lowest BCUT2D eigenvalue weighted by molar-refractivity contribution is 0.0651. The van der Waals surface area contributed by atoms with Gasteiger partial charge in [0, 0.05) is 0 Å². The van der Waals surface area contributed by atoms with Crippen LogP contribution in [0.15, 0.2) is 67.0 Å². The van der Waals surface area contributed by atoms with E-state index >= 15 is 0 Å². The Morgan fingerprint density at radius 2 is 1.46 bits per heavy atom. The summed E-state index contributed by atoms with van der Waals surface area (Å²) < 4.78 is 0. The molecule has 1 aromatic heterocycles. The summed E-state index contributed by atoms with van der Waals surface area (Å²) in [7, 11) is 0. The Bertz CT molecular complexity index is 935. The third-order valence-electron chi connectivity index (χ3n) is 3.60. The van der Waals surface area contributed by atoms with E-state index in [4.69, 9.17) is 5.11 Å². The summed E-state index contributed by atoms with van der Waals surface area (Å²) in [5.41, 5.74) is 1.59. The van der Waals surface area contributed by atoms with Crippen molar-refractivity contribution in [2.45, 2.75) is 0 Å². The standard InChI is InChI=1S/C15H9NO4.C3H3N3/c17-13-11-8-4-7-10(9-5-2-1-3-6-9)12(11)14(18)16(13)15(19)20;1-2-4-6-5-3-1/h1-8H,(H,19,20);1-3H. The number of nitrogens with zero attached hydrogens (tertiary/aromatic N) is 4. The number of hydrogen-bond donors (Lipinski definition) is 1. The van der Waals surface area contributed by atoms with Gasteiger partial charge in [0.2, 0.25) is 0 Å². The van der Waals surface area contributed by atoms with Crippen LogP contribution in [0.1, 0.15) is 20.7 Å². The highest BCUT2D eigenvalue weighted by Crippen LogP contribution is 2.32. The molecular weight excluding hydrogens is 336 g/mol. The fourth-order valence-corrected chi connectivity index (χ4v) is 2.52. The van der Waals surface area contributed by atoms with Gasteiger partial charge in [-0.1, -0.05) is 42.5 Å². The van der Waals surface area contributed by atoms with E-state index in [0.717, 1.165) is 5.56 Å². The lowest BCUT2D eigenvalue weighted by Gasteiger charge is -2.07. The van der Waals surface area contributed by atoms with Crippen molar-refractivity contribution in [1.29, 1.82) is 0 Å². The van der Waals surface area contributed by atoms with Gasteiger partial charge in [0.05, 0.1) is 23.5 Å². The molecule has 3 aromatic rings. The van der Waals surface area contributed by atoms with E-state index in [-0.39, 0.29) is 16.0 Å². The minimum Gasteiger partial charge on any atom is -0.464 e. The first-order valence-corrected chi connectivity index (χ1v) is 7.49. The Hall–Kier alpha value is -3.94. The predicted octanol–water partition coefficient (Wildman–Crippen LogP) is 2.50. The molecule has 8 heteroatoms. The number of benzene rings is 2. The zero-order valence-corrected chi connectivity index (χ0v) is 13.3. The molecule has 128 valence electrons.